The second-order valence-corrected chi connectivity index (χ2v) is 4.78. The Morgan fingerprint density at radius 2 is 1.81 bits per heavy atom. The molecule has 2 heterocycles. The molecule has 0 aliphatic rings. The Morgan fingerprint density at radius 3 is 2.52 bits per heavy atom. The normalized spacial score (nSPS) is 10.6. The van der Waals surface area contributed by atoms with E-state index in [2.05, 4.69) is 31.4 Å². The van der Waals surface area contributed by atoms with Crippen molar-refractivity contribution in [1.29, 1.82) is 0 Å². The maximum absolute atomic E-state index is 5.43. The minimum atomic E-state index is 0.756. The van der Waals surface area contributed by atoms with Crippen LogP contribution in [0, 0.1) is 13.8 Å². The molecule has 2 aromatic heterocycles. The van der Waals surface area contributed by atoms with Crippen molar-refractivity contribution in [2.24, 2.45) is 0 Å². The summed E-state index contributed by atoms with van der Waals surface area (Å²) in [5.41, 5.74) is 5.60. The third kappa shape index (κ3) is 2.35. The van der Waals surface area contributed by atoms with Gasteiger partial charge in [-0.2, -0.15) is 0 Å². The number of hydrogen-bond donors (Lipinski definition) is 1. The number of rotatable bonds is 3. The van der Waals surface area contributed by atoms with Crippen LogP contribution in [0.15, 0.2) is 30.9 Å². The first-order valence-electron chi connectivity index (χ1n) is 6.52. The second-order valence-electron chi connectivity index (χ2n) is 4.78. The van der Waals surface area contributed by atoms with Gasteiger partial charge < -0.3 is 4.74 Å². The number of H-pyrrole nitrogens is 1. The minimum absolute atomic E-state index is 0.756. The molecule has 0 aliphatic heterocycles. The Kier molecular flexibility index (Phi) is 3.35. The van der Waals surface area contributed by atoms with E-state index in [0.717, 1.165) is 39.4 Å². The lowest BCUT2D eigenvalue weighted by molar-refractivity contribution is 0.411. The summed E-state index contributed by atoms with van der Waals surface area (Å²) in [6.07, 6.45) is 4.94. The van der Waals surface area contributed by atoms with E-state index in [1.165, 1.54) is 6.33 Å². The highest BCUT2D eigenvalue weighted by atomic mass is 16.5. The number of aromatic amines is 1. The maximum Gasteiger partial charge on any atom is 0.122 e. The van der Waals surface area contributed by atoms with Crippen molar-refractivity contribution in [1.82, 2.24) is 25.4 Å². The SMILES string of the molecule is COc1cc(-c2nn[nH]c2-c2cncnc2)cc(C)c1C. The van der Waals surface area contributed by atoms with Crippen LogP contribution in [0.5, 0.6) is 5.75 Å². The summed E-state index contributed by atoms with van der Waals surface area (Å²) >= 11 is 0. The number of hydrogen-bond acceptors (Lipinski definition) is 5. The van der Waals surface area contributed by atoms with Crippen LogP contribution in [0.1, 0.15) is 11.1 Å². The fourth-order valence-corrected chi connectivity index (χ4v) is 2.24. The number of methoxy groups -OCH3 is 1. The molecule has 0 saturated heterocycles. The maximum atomic E-state index is 5.43. The molecule has 1 aromatic carbocycles. The number of ether oxygens (including phenoxy) is 1. The Morgan fingerprint density at radius 1 is 1.05 bits per heavy atom. The molecule has 21 heavy (non-hydrogen) atoms. The molecule has 0 amide bonds. The zero-order chi connectivity index (χ0) is 14.8. The topological polar surface area (TPSA) is 76.6 Å². The van der Waals surface area contributed by atoms with E-state index in [1.54, 1.807) is 19.5 Å². The predicted molar refractivity (Wildman–Crippen MR) is 78.9 cm³/mol. The van der Waals surface area contributed by atoms with E-state index >= 15 is 0 Å². The van der Waals surface area contributed by atoms with E-state index in [9.17, 15) is 0 Å². The summed E-state index contributed by atoms with van der Waals surface area (Å²) in [5, 5.41) is 11.0. The van der Waals surface area contributed by atoms with Crippen LogP contribution < -0.4 is 4.74 Å². The average molecular weight is 281 g/mol. The van der Waals surface area contributed by atoms with Crippen molar-refractivity contribution < 1.29 is 4.74 Å². The highest BCUT2D eigenvalue weighted by molar-refractivity contribution is 5.78. The van der Waals surface area contributed by atoms with Crippen LogP contribution in [0.2, 0.25) is 0 Å². The van der Waals surface area contributed by atoms with E-state index in [-0.39, 0.29) is 0 Å². The fourth-order valence-electron chi connectivity index (χ4n) is 2.24. The number of benzene rings is 1. The lowest BCUT2D eigenvalue weighted by Gasteiger charge is -2.10. The molecule has 0 saturated carbocycles. The Hall–Kier alpha value is -2.76. The third-order valence-electron chi connectivity index (χ3n) is 3.51. The summed E-state index contributed by atoms with van der Waals surface area (Å²) < 4.78 is 5.43. The van der Waals surface area contributed by atoms with Crippen molar-refractivity contribution in [2.75, 3.05) is 7.11 Å². The fraction of sp³-hybridized carbons (Fsp3) is 0.200. The van der Waals surface area contributed by atoms with Crippen LogP contribution in [0.4, 0.5) is 0 Å². The molecule has 1 N–H and O–H groups in total. The summed E-state index contributed by atoms with van der Waals surface area (Å²) in [6, 6.07) is 4.04. The molecule has 3 aromatic rings. The number of nitrogens with zero attached hydrogens (tertiary/aromatic N) is 4. The highest BCUT2D eigenvalue weighted by Crippen LogP contribution is 2.32. The predicted octanol–water partition coefficient (Wildman–Crippen LogP) is 2.55. The largest absolute Gasteiger partial charge is 0.496 e. The smallest absolute Gasteiger partial charge is 0.122 e. The molecule has 6 heteroatoms. The quantitative estimate of drug-likeness (QED) is 0.798. The number of aryl methyl sites for hydroxylation is 1. The Labute approximate surface area is 122 Å². The van der Waals surface area contributed by atoms with E-state index < -0.39 is 0 Å². The zero-order valence-corrected chi connectivity index (χ0v) is 12.1. The standard InChI is InChI=1S/C15H15N5O/c1-9-4-11(5-13(21-3)10(9)2)14-15(19-20-18-14)12-6-16-8-17-7-12/h4-8H,1-3H3,(H,18,19,20). The molecule has 6 nitrogen and oxygen atoms in total. The molecular formula is C15H15N5O. The first-order valence-corrected chi connectivity index (χ1v) is 6.52. The summed E-state index contributed by atoms with van der Waals surface area (Å²) in [6.45, 7) is 4.08. The van der Waals surface area contributed by atoms with Gasteiger partial charge in [0.2, 0.25) is 0 Å². The van der Waals surface area contributed by atoms with Crippen LogP contribution in [-0.2, 0) is 0 Å². The van der Waals surface area contributed by atoms with Gasteiger partial charge in [-0.05, 0) is 37.1 Å². The Bertz CT molecular complexity index is 767. The molecule has 0 aliphatic carbocycles. The number of nitrogens with one attached hydrogen (secondary N) is 1. The lowest BCUT2D eigenvalue weighted by Crippen LogP contribution is -1.93. The van der Waals surface area contributed by atoms with Gasteiger partial charge in [-0.1, -0.05) is 5.21 Å². The van der Waals surface area contributed by atoms with E-state index in [1.807, 2.05) is 19.9 Å². The Balaban J connectivity index is 2.15. The second kappa shape index (κ2) is 5.32. The van der Waals surface area contributed by atoms with Gasteiger partial charge in [0.25, 0.3) is 0 Å². The molecule has 106 valence electrons. The molecule has 0 bridgehead atoms. The molecule has 0 spiro atoms. The van der Waals surface area contributed by atoms with Crippen molar-refractivity contribution in [3.63, 3.8) is 0 Å². The molecule has 0 atom stereocenters. The number of aromatic nitrogens is 5. The highest BCUT2D eigenvalue weighted by Gasteiger charge is 2.15. The van der Waals surface area contributed by atoms with Gasteiger partial charge in [0.05, 0.1) is 12.8 Å². The molecule has 3 rings (SSSR count). The van der Waals surface area contributed by atoms with Gasteiger partial charge in [0, 0.05) is 23.5 Å². The summed E-state index contributed by atoms with van der Waals surface area (Å²) in [4.78, 5) is 8.06. The average Bonchev–Trinajstić information content (AvgIpc) is 3.00. The van der Waals surface area contributed by atoms with Gasteiger partial charge in [-0.3, -0.25) is 5.10 Å². The molecular weight excluding hydrogens is 266 g/mol. The van der Waals surface area contributed by atoms with Gasteiger partial charge in [-0.25, -0.2) is 9.97 Å². The summed E-state index contributed by atoms with van der Waals surface area (Å²) in [7, 11) is 1.67. The van der Waals surface area contributed by atoms with Crippen LogP contribution in [0.25, 0.3) is 22.5 Å². The van der Waals surface area contributed by atoms with Crippen LogP contribution in [0.3, 0.4) is 0 Å². The lowest BCUT2D eigenvalue weighted by atomic mass is 10.0. The molecule has 0 radical (unpaired) electrons. The zero-order valence-electron chi connectivity index (χ0n) is 12.1. The molecule has 0 unspecified atom stereocenters. The van der Waals surface area contributed by atoms with E-state index in [4.69, 9.17) is 4.74 Å². The van der Waals surface area contributed by atoms with E-state index in [0.29, 0.717) is 0 Å². The molecule has 0 fully saturated rings. The van der Waals surface area contributed by atoms with Crippen molar-refractivity contribution >= 4 is 0 Å². The van der Waals surface area contributed by atoms with Gasteiger partial charge in [0.15, 0.2) is 0 Å². The van der Waals surface area contributed by atoms with Crippen LogP contribution >= 0.6 is 0 Å². The van der Waals surface area contributed by atoms with Crippen LogP contribution in [-0.4, -0.2) is 32.5 Å². The minimum Gasteiger partial charge on any atom is -0.496 e. The van der Waals surface area contributed by atoms with Gasteiger partial charge in [-0.15, -0.1) is 5.10 Å². The first kappa shape index (κ1) is 13.2. The van der Waals surface area contributed by atoms with Crippen molar-refractivity contribution in [3.8, 4) is 28.3 Å². The van der Waals surface area contributed by atoms with Gasteiger partial charge >= 0.3 is 0 Å². The monoisotopic (exact) mass is 281 g/mol. The van der Waals surface area contributed by atoms with Crippen molar-refractivity contribution in [3.05, 3.63) is 42.0 Å². The van der Waals surface area contributed by atoms with Crippen molar-refractivity contribution in [2.45, 2.75) is 13.8 Å². The first-order chi connectivity index (χ1) is 10.2. The third-order valence-corrected chi connectivity index (χ3v) is 3.51. The summed E-state index contributed by atoms with van der Waals surface area (Å²) in [5.74, 6) is 0.836. The van der Waals surface area contributed by atoms with Gasteiger partial charge in [0.1, 0.15) is 17.8 Å².